The van der Waals surface area contributed by atoms with Gasteiger partial charge in [-0.2, -0.15) is 0 Å². The van der Waals surface area contributed by atoms with Crippen LogP contribution in [0.3, 0.4) is 0 Å². The van der Waals surface area contributed by atoms with E-state index in [1.807, 2.05) is 37.3 Å². The standard InChI is InChI=1S/C17H17BrClNO2/c1-11-2-4-12(5-3-11)10-22-17-14(18)8-13(9-15(17)19)6-7-16(20)21/h2-5,8-9H,6-7,10H2,1H3,(H2,20,21). The number of rotatable bonds is 6. The minimum Gasteiger partial charge on any atom is -0.486 e. The zero-order chi connectivity index (χ0) is 16.1. The van der Waals surface area contributed by atoms with E-state index in [4.69, 9.17) is 22.1 Å². The van der Waals surface area contributed by atoms with E-state index in [0.717, 1.165) is 15.6 Å². The average molecular weight is 383 g/mol. The molecule has 0 unspecified atom stereocenters. The lowest BCUT2D eigenvalue weighted by Gasteiger charge is -2.12. The number of aryl methyl sites for hydroxylation is 2. The van der Waals surface area contributed by atoms with Crippen LogP contribution < -0.4 is 10.5 Å². The van der Waals surface area contributed by atoms with Crippen LogP contribution in [0.4, 0.5) is 0 Å². The van der Waals surface area contributed by atoms with Crippen LogP contribution in [-0.4, -0.2) is 5.91 Å². The van der Waals surface area contributed by atoms with E-state index in [-0.39, 0.29) is 5.91 Å². The molecule has 2 N–H and O–H groups in total. The number of amides is 1. The molecule has 0 saturated carbocycles. The van der Waals surface area contributed by atoms with Crippen LogP contribution in [0.2, 0.25) is 5.02 Å². The molecule has 2 aromatic carbocycles. The van der Waals surface area contributed by atoms with Crippen LogP contribution in [-0.2, 0) is 17.8 Å². The lowest BCUT2D eigenvalue weighted by atomic mass is 10.1. The molecule has 0 aliphatic heterocycles. The maximum atomic E-state index is 10.8. The van der Waals surface area contributed by atoms with Gasteiger partial charge in [-0.1, -0.05) is 41.4 Å². The van der Waals surface area contributed by atoms with E-state index < -0.39 is 0 Å². The third kappa shape index (κ3) is 4.75. The highest BCUT2D eigenvalue weighted by atomic mass is 79.9. The van der Waals surface area contributed by atoms with Gasteiger partial charge in [0.25, 0.3) is 0 Å². The van der Waals surface area contributed by atoms with Crippen molar-refractivity contribution in [3.05, 3.63) is 62.6 Å². The number of carbonyl (C=O) groups is 1. The van der Waals surface area contributed by atoms with Crippen molar-refractivity contribution in [1.29, 1.82) is 0 Å². The number of carbonyl (C=O) groups excluding carboxylic acids is 1. The van der Waals surface area contributed by atoms with Crippen LogP contribution >= 0.6 is 27.5 Å². The second-order valence-corrected chi connectivity index (χ2v) is 6.39. The van der Waals surface area contributed by atoms with Crippen molar-refractivity contribution in [2.75, 3.05) is 0 Å². The highest BCUT2D eigenvalue weighted by molar-refractivity contribution is 9.10. The molecule has 22 heavy (non-hydrogen) atoms. The molecule has 0 bridgehead atoms. The molecule has 0 radical (unpaired) electrons. The summed E-state index contributed by atoms with van der Waals surface area (Å²) >= 11 is 9.73. The number of primary amides is 1. The van der Waals surface area contributed by atoms with Gasteiger partial charge in [0, 0.05) is 6.42 Å². The number of ether oxygens (including phenoxy) is 1. The summed E-state index contributed by atoms with van der Waals surface area (Å²) in [6, 6.07) is 11.8. The summed E-state index contributed by atoms with van der Waals surface area (Å²) < 4.78 is 6.57. The molecule has 0 saturated heterocycles. The van der Waals surface area contributed by atoms with E-state index in [2.05, 4.69) is 15.9 Å². The van der Waals surface area contributed by atoms with Crippen LogP contribution in [0.1, 0.15) is 23.1 Å². The van der Waals surface area contributed by atoms with E-state index in [0.29, 0.717) is 30.2 Å². The molecule has 0 heterocycles. The molecule has 0 fully saturated rings. The second kappa shape index (κ2) is 7.65. The van der Waals surface area contributed by atoms with Crippen molar-refractivity contribution < 1.29 is 9.53 Å². The molecule has 1 amide bonds. The molecule has 0 spiro atoms. The van der Waals surface area contributed by atoms with Gasteiger partial charge in [0.05, 0.1) is 9.50 Å². The summed E-state index contributed by atoms with van der Waals surface area (Å²) in [4.78, 5) is 10.8. The molecule has 0 aliphatic carbocycles. The Labute approximate surface area is 143 Å². The first-order valence-corrected chi connectivity index (χ1v) is 8.07. The molecule has 0 atom stereocenters. The summed E-state index contributed by atoms with van der Waals surface area (Å²) in [5.41, 5.74) is 8.39. The SMILES string of the molecule is Cc1ccc(COc2c(Cl)cc(CCC(N)=O)cc2Br)cc1. The zero-order valence-electron chi connectivity index (χ0n) is 12.2. The maximum absolute atomic E-state index is 10.8. The third-order valence-electron chi connectivity index (χ3n) is 3.22. The number of halogens is 2. The number of hydrogen-bond acceptors (Lipinski definition) is 2. The van der Waals surface area contributed by atoms with Gasteiger partial charge < -0.3 is 10.5 Å². The summed E-state index contributed by atoms with van der Waals surface area (Å²) in [6.45, 7) is 2.49. The fraction of sp³-hybridized carbons (Fsp3) is 0.235. The molecule has 3 nitrogen and oxygen atoms in total. The van der Waals surface area contributed by atoms with E-state index in [1.165, 1.54) is 5.56 Å². The lowest BCUT2D eigenvalue weighted by Crippen LogP contribution is -2.11. The van der Waals surface area contributed by atoms with Crippen LogP contribution in [0, 0.1) is 6.92 Å². The Kier molecular flexibility index (Phi) is 5.86. The normalized spacial score (nSPS) is 10.5. The van der Waals surface area contributed by atoms with Crippen molar-refractivity contribution >= 4 is 33.4 Å². The van der Waals surface area contributed by atoms with Crippen molar-refractivity contribution in [2.45, 2.75) is 26.4 Å². The fourth-order valence-electron chi connectivity index (χ4n) is 2.00. The second-order valence-electron chi connectivity index (χ2n) is 5.13. The van der Waals surface area contributed by atoms with E-state index >= 15 is 0 Å². The predicted octanol–water partition coefficient (Wildman–Crippen LogP) is 4.41. The number of hydrogen-bond donors (Lipinski definition) is 1. The monoisotopic (exact) mass is 381 g/mol. The first kappa shape index (κ1) is 16.8. The molecule has 116 valence electrons. The highest BCUT2D eigenvalue weighted by Gasteiger charge is 2.10. The van der Waals surface area contributed by atoms with Crippen LogP contribution in [0.5, 0.6) is 5.75 Å². The molecule has 2 aromatic rings. The summed E-state index contributed by atoms with van der Waals surface area (Å²) in [5, 5.41) is 0.515. The van der Waals surface area contributed by atoms with E-state index in [9.17, 15) is 4.79 Å². The maximum Gasteiger partial charge on any atom is 0.217 e. The van der Waals surface area contributed by atoms with Gasteiger partial charge in [0.2, 0.25) is 5.91 Å². The minimum atomic E-state index is -0.327. The molecule has 0 aliphatic rings. The van der Waals surface area contributed by atoms with Crippen molar-refractivity contribution in [3.63, 3.8) is 0 Å². The smallest absolute Gasteiger partial charge is 0.217 e. The zero-order valence-corrected chi connectivity index (χ0v) is 14.6. The Morgan fingerprint density at radius 1 is 1.23 bits per heavy atom. The Balaban J connectivity index is 2.07. The molecular formula is C17H17BrClNO2. The quantitative estimate of drug-likeness (QED) is 0.804. The van der Waals surface area contributed by atoms with Gasteiger partial charge >= 0.3 is 0 Å². The Hall–Kier alpha value is -1.52. The fourth-order valence-corrected chi connectivity index (χ4v) is 3.03. The summed E-state index contributed by atoms with van der Waals surface area (Å²) in [6.07, 6.45) is 0.859. The predicted molar refractivity (Wildman–Crippen MR) is 92.2 cm³/mol. The van der Waals surface area contributed by atoms with Gasteiger partial charge in [0.1, 0.15) is 6.61 Å². The van der Waals surface area contributed by atoms with Crippen LogP contribution in [0.25, 0.3) is 0 Å². The lowest BCUT2D eigenvalue weighted by molar-refractivity contribution is -0.117. The Morgan fingerprint density at radius 3 is 2.50 bits per heavy atom. The minimum absolute atomic E-state index is 0.298. The van der Waals surface area contributed by atoms with Crippen molar-refractivity contribution in [2.24, 2.45) is 5.73 Å². The largest absolute Gasteiger partial charge is 0.486 e. The van der Waals surface area contributed by atoms with Gasteiger partial charge in [-0.05, 0) is 52.5 Å². The van der Waals surface area contributed by atoms with Crippen molar-refractivity contribution in [1.82, 2.24) is 0 Å². The Bertz CT molecular complexity index is 648. The van der Waals surface area contributed by atoms with Gasteiger partial charge in [-0.25, -0.2) is 0 Å². The third-order valence-corrected chi connectivity index (χ3v) is 4.09. The summed E-state index contributed by atoms with van der Waals surface area (Å²) in [5.74, 6) is 0.275. The molecule has 0 aromatic heterocycles. The molecule has 5 heteroatoms. The van der Waals surface area contributed by atoms with Gasteiger partial charge in [-0.3, -0.25) is 4.79 Å². The first-order chi connectivity index (χ1) is 10.5. The highest BCUT2D eigenvalue weighted by Crippen LogP contribution is 2.35. The number of nitrogens with two attached hydrogens (primary N) is 1. The average Bonchev–Trinajstić information content (AvgIpc) is 2.46. The molecular weight excluding hydrogens is 366 g/mol. The molecule has 2 rings (SSSR count). The number of benzene rings is 2. The summed E-state index contributed by atoms with van der Waals surface area (Å²) in [7, 11) is 0. The van der Waals surface area contributed by atoms with Crippen molar-refractivity contribution in [3.8, 4) is 5.75 Å². The van der Waals surface area contributed by atoms with Gasteiger partial charge in [-0.15, -0.1) is 0 Å². The van der Waals surface area contributed by atoms with Gasteiger partial charge in [0.15, 0.2) is 5.75 Å². The Morgan fingerprint density at radius 2 is 1.91 bits per heavy atom. The first-order valence-electron chi connectivity index (χ1n) is 6.90. The topological polar surface area (TPSA) is 52.3 Å². The van der Waals surface area contributed by atoms with Crippen LogP contribution in [0.15, 0.2) is 40.9 Å². The van der Waals surface area contributed by atoms with E-state index in [1.54, 1.807) is 6.07 Å².